The Kier molecular flexibility index (Phi) is 3.19. The largest absolute Gasteiger partial charge is 0.508 e. The van der Waals surface area contributed by atoms with E-state index in [2.05, 4.69) is 5.92 Å². The molecule has 0 atom stereocenters. The van der Waals surface area contributed by atoms with Gasteiger partial charge in [-0.1, -0.05) is 0 Å². The molecule has 0 aromatic heterocycles. The summed E-state index contributed by atoms with van der Waals surface area (Å²) in [5.41, 5.74) is 1.95. The van der Waals surface area contributed by atoms with Gasteiger partial charge >= 0.3 is 0 Å². The van der Waals surface area contributed by atoms with Crippen molar-refractivity contribution in [1.29, 1.82) is 0 Å². The van der Waals surface area contributed by atoms with E-state index in [4.69, 9.17) is 6.42 Å². The zero-order valence-corrected chi connectivity index (χ0v) is 12.9. The van der Waals surface area contributed by atoms with Crippen molar-refractivity contribution >= 4 is 11.3 Å². The van der Waals surface area contributed by atoms with Crippen LogP contribution >= 0.6 is 0 Å². The van der Waals surface area contributed by atoms with Gasteiger partial charge in [0.2, 0.25) is 0 Å². The van der Waals surface area contributed by atoms with Crippen molar-refractivity contribution in [3.63, 3.8) is 0 Å². The number of phenolic OH excluding ortho intramolecular Hbond substituents is 1. The van der Waals surface area contributed by atoms with Gasteiger partial charge in [0, 0.05) is 37.2 Å². The summed E-state index contributed by atoms with van der Waals surface area (Å²) < 4.78 is 27.4. The Morgan fingerprint density at radius 1 is 1.39 bits per heavy atom. The van der Waals surface area contributed by atoms with Crippen LogP contribution in [0.15, 0.2) is 35.6 Å². The second kappa shape index (κ2) is 4.76. The third-order valence-corrected chi connectivity index (χ3v) is 4.83. The lowest BCUT2D eigenvalue weighted by atomic mass is 9.63. The van der Waals surface area contributed by atoms with Crippen LogP contribution in [0.2, 0.25) is 0 Å². The maximum absolute atomic E-state index is 13.7. The average molecular weight is 317 g/mol. The van der Waals surface area contributed by atoms with Crippen LogP contribution in [0.5, 0.6) is 5.75 Å². The van der Waals surface area contributed by atoms with Crippen LogP contribution in [0, 0.1) is 12.3 Å². The number of rotatable bonds is 1. The summed E-state index contributed by atoms with van der Waals surface area (Å²) in [6.45, 7) is 1.82. The topological polar surface area (TPSA) is 43.7 Å². The number of aliphatic hydroxyl groups excluding tert-OH is 1. The predicted molar refractivity (Wildman–Crippen MR) is 85.6 cm³/mol. The quantitative estimate of drug-likeness (QED) is 0.610. The van der Waals surface area contributed by atoms with E-state index in [1.54, 1.807) is 30.1 Å². The summed E-state index contributed by atoms with van der Waals surface area (Å²) in [5, 5.41) is 19.5. The van der Waals surface area contributed by atoms with Crippen LogP contribution in [0.3, 0.4) is 0 Å². The molecular weight excluding hydrogens is 300 g/mol. The molecule has 0 bridgehead atoms. The number of alkyl halides is 2. The van der Waals surface area contributed by atoms with Crippen LogP contribution in [-0.4, -0.2) is 28.7 Å². The molecular formula is C18H17F2NO2. The third-order valence-electron chi connectivity index (χ3n) is 4.83. The van der Waals surface area contributed by atoms with E-state index >= 15 is 0 Å². The van der Waals surface area contributed by atoms with Gasteiger partial charge in [0.05, 0.1) is 5.54 Å². The normalized spacial score (nSPS) is 21.7. The van der Waals surface area contributed by atoms with Crippen molar-refractivity contribution in [2.45, 2.75) is 31.2 Å². The number of benzene rings is 1. The van der Waals surface area contributed by atoms with Crippen molar-refractivity contribution in [2.75, 3.05) is 11.9 Å². The highest BCUT2D eigenvalue weighted by Crippen LogP contribution is 2.58. The third kappa shape index (κ3) is 2.17. The number of halogens is 2. The summed E-state index contributed by atoms with van der Waals surface area (Å²) in [5.74, 6) is -0.841. The van der Waals surface area contributed by atoms with E-state index in [0.717, 1.165) is 11.1 Å². The summed E-state index contributed by atoms with van der Waals surface area (Å²) in [7, 11) is 1.72. The fraction of sp³-hybridized carbons (Fsp3) is 0.333. The molecule has 1 saturated carbocycles. The number of hydrogen-bond acceptors (Lipinski definition) is 3. The molecule has 1 aliphatic heterocycles. The average Bonchev–Trinajstić information content (AvgIpc) is 2.46. The lowest BCUT2D eigenvalue weighted by Crippen LogP contribution is -2.63. The Balaban J connectivity index is 2.25. The smallest absolute Gasteiger partial charge is 0.253 e. The Hall–Kier alpha value is -2.48. The molecule has 0 amide bonds. The number of anilines is 1. The number of nitrogens with zero attached hydrogens (tertiary/aromatic N) is 1. The lowest BCUT2D eigenvalue weighted by Gasteiger charge is -2.57. The maximum Gasteiger partial charge on any atom is 0.253 e. The van der Waals surface area contributed by atoms with Crippen LogP contribution in [0.4, 0.5) is 14.5 Å². The highest BCUT2D eigenvalue weighted by Gasteiger charge is 2.62. The molecule has 3 rings (SSSR count). The maximum atomic E-state index is 13.7. The van der Waals surface area contributed by atoms with Gasteiger partial charge in [-0.3, -0.25) is 0 Å². The molecule has 1 aromatic carbocycles. The molecule has 120 valence electrons. The molecule has 1 fully saturated rings. The number of hydrogen-bond donors (Lipinski definition) is 2. The number of likely N-dealkylation sites (N-methyl/N-ethyl adjacent to an activating group) is 1. The molecule has 1 spiro atoms. The van der Waals surface area contributed by atoms with Gasteiger partial charge in [0.15, 0.2) is 5.76 Å². The Morgan fingerprint density at radius 2 is 2.04 bits per heavy atom. The fourth-order valence-electron chi connectivity index (χ4n) is 3.67. The van der Waals surface area contributed by atoms with E-state index in [0.29, 0.717) is 11.3 Å². The number of phenols is 1. The zero-order valence-electron chi connectivity index (χ0n) is 12.9. The van der Waals surface area contributed by atoms with E-state index < -0.39 is 11.5 Å². The minimum Gasteiger partial charge on any atom is -0.508 e. The Bertz CT molecular complexity index is 779. The second-order valence-corrected chi connectivity index (χ2v) is 6.21. The van der Waals surface area contributed by atoms with Crippen molar-refractivity contribution < 1.29 is 19.0 Å². The second-order valence-electron chi connectivity index (χ2n) is 6.21. The lowest BCUT2D eigenvalue weighted by molar-refractivity contribution is -0.110. The number of allylic oxidation sites excluding steroid dienone is 2. The first kappa shape index (κ1) is 15.4. The Morgan fingerprint density at radius 3 is 2.61 bits per heavy atom. The van der Waals surface area contributed by atoms with E-state index in [-0.39, 0.29) is 24.4 Å². The molecule has 2 aliphatic rings. The first-order valence-corrected chi connectivity index (χ1v) is 7.24. The van der Waals surface area contributed by atoms with Crippen molar-refractivity contribution in [2.24, 2.45) is 0 Å². The van der Waals surface area contributed by atoms with Gasteiger partial charge in [-0.2, -0.15) is 0 Å². The SMILES string of the molecule is C#C/C(O)=C\C1=C(C)c2ccc(O)cc2N(C)C12CC(F)(F)C2. The van der Waals surface area contributed by atoms with E-state index in [1.807, 2.05) is 6.92 Å². The molecule has 2 N–H and O–H groups in total. The molecule has 0 saturated heterocycles. The highest BCUT2D eigenvalue weighted by molar-refractivity contribution is 5.86. The van der Waals surface area contributed by atoms with Crippen molar-refractivity contribution in [3.05, 3.63) is 41.2 Å². The van der Waals surface area contributed by atoms with Crippen molar-refractivity contribution in [3.8, 4) is 18.1 Å². The first-order chi connectivity index (χ1) is 10.7. The highest BCUT2D eigenvalue weighted by atomic mass is 19.3. The Labute approximate surface area is 133 Å². The van der Waals surface area contributed by atoms with Crippen LogP contribution < -0.4 is 4.90 Å². The predicted octanol–water partition coefficient (Wildman–Crippen LogP) is 3.86. The number of terminal acetylenes is 1. The van der Waals surface area contributed by atoms with Gasteiger partial charge in [-0.15, -0.1) is 6.42 Å². The molecule has 3 nitrogen and oxygen atoms in total. The minimum absolute atomic E-state index is 0.0788. The monoisotopic (exact) mass is 317 g/mol. The van der Waals surface area contributed by atoms with Gasteiger partial charge in [-0.05, 0) is 42.2 Å². The van der Waals surface area contributed by atoms with Crippen molar-refractivity contribution in [1.82, 2.24) is 0 Å². The molecule has 1 aromatic rings. The van der Waals surface area contributed by atoms with Gasteiger partial charge in [0.25, 0.3) is 5.92 Å². The van der Waals surface area contributed by atoms with Gasteiger partial charge < -0.3 is 15.1 Å². The molecule has 1 heterocycles. The molecule has 0 radical (unpaired) electrons. The summed E-state index contributed by atoms with van der Waals surface area (Å²) >= 11 is 0. The van der Waals surface area contributed by atoms with Gasteiger partial charge in [-0.25, -0.2) is 8.78 Å². The fourth-order valence-corrected chi connectivity index (χ4v) is 3.67. The van der Waals surface area contributed by atoms with Crippen LogP contribution in [0.1, 0.15) is 25.3 Å². The van der Waals surface area contributed by atoms with Crippen LogP contribution in [0.25, 0.3) is 5.57 Å². The summed E-state index contributed by atoms with van der Waals surface area (Å²) in [4.78, 5) is 1.75. The minimum atomic E-state index is -2.76. The number of fused-ring (bicyclic) bond motifs is 1. The standard InChI is InChI=1S/C18H17F2NO2/c1-4-12(22)7-15-11(2)14-6-5-13(23)8-16(14)21(3)17(15)9-18(19,20)10-17/h1,5-8,22-23H,9-10H2,2-3H3/b12-7+. The summed E-state index contributed by atoms with van der Waals surface area (Å²) in [6.07, 6.45) is 5.89. The first-order valence-electron chi connectivity index (χ1n) is 7.24. The van der Waals surface area contributed by atoms with Gasteiger partial charge in [0.1, 0.15) is 5.75 Å². The van der Waals surface area contributed by atoms with E-state index in [9.17, 15) is 19.0 Å². The molecule has 1 aliphatic carbocycles. The molecule has 23 heavy (non-hydrogen) atoms. The molecule has 5 heteroatoms. The number of aliphatic hydroxyl groups is 1. The van der Waals surface area contributed by atoms with Crippen LogP contribution in [-0.2, 0) is 0 Å². The number of aromatic hydroxyl groups is 1. The summed E-state index contributed by atoms with van der Waals surface area (Å²) in [6, 6.07) is 4.85. The zero-order chi connectivity index (χ0) is 17.0. The molecule has 0 unspecified atom stereocenters. The van der Waals surface area contributed by atoms with E-state index in [1.165, 1.54) is 6.08 Å².